The number of nitrogens with two attached hydrogens (primary N) is 1. The Bertz CT molecular complexity index is 774. The molecule has 0 spiro atoms. The van der Waals surface area contributed by atoms with Crippen molar-refractivity contribution in [1.29, 1.82) is 0 Å². The zero-order chi connectivity index (χ0) is 18.7. The maximum Gasteiger partial charge on any atom is 0.241 e. The van der Waals surface area contributed by atoms with Gasteiger partial charge in [0.2, 0.25) is 5.91 Å². The highest BCUT2D eigenvalue weighted by Crippen LogP contribution is 2.27. The second kappa shape index (κ2) is 7.81. The SMILES string of the molecule is CC(=O)c1ccc(NC(=O)C(C)N2C[C@@H](N)[C@H](c3ccccc3)C2)cc1. The molecule has 1 unspecified atom stereocenters. The summed E-state index contributed by atoms with van der Waals surface area (Å²) in [6.45, 7) is 4.88. The van der Waals surface area contributed by atoms with Crippen LogP contribution in [-0.2, 0) is 4.79 Å². The van der Waals surface area contributed by atoms with E-state index in [9.17, 15) is 9.59 Å². The lowest BCUT2D eigenvalue weighted by molar-refractivity contribution is -0.120. The third-order valence-corrected chi connectivity index (χ3v) is 5.11. The van der Waals surface area contributed by atoms with Crippen molar-refractivity contribution >= 4 is 17.4 Å². The summed E-state index contributed by atoms with van der Waals surface area (Å²) in [5.74, 6) is 0.178. The van der Waals surface area contributed by atoms with Crippen LogP contribution in [0.1, 0.15) is 35.7 Å². The Balaban J connectivity index is 1.62. The number of anilines is 1. The van der Waals surface area contributed by atoms with Crippen LogP contribution in [-0.4, -0.2) is 41.8 Å². The topological polar surface area (TPSA) is 75.4 Å². The highest BCUT2D eigenvalue weighted by Gasteiger charge is 2.35. The number of hydrogen-bond donors (Lipinski definition) is 2. The van der Waals surface area contributed by atoms with Crippen LogP contribution in [0.25, 0.3) is 0 Å². The normalized spacial score (nSPS) is 21.3. The highest BCUT2D eigenvalue weighted by molar-refractivity contribution is 5.97. The molecule has 0 bridgehead atoms. The molecule has 1 saturated heterocycles. The summed E-state index contributed by atoms with van der Waals surface area (Å²) in [4.78, 5) is 26.1. The van der Waals surface area contributed by atoms with Gasteiger partial charge >= 0.3 is 0 Å². The molecular weight excluding hydrogens is 326 g/mol. The lowest BCUT2D eigenvalue weighted by Gasteiger charge is -2.23. The third-order valence-electron chi connectivity index (χ3n) is 5.11. The summed E-state index contributed by atoms with van der Waals surface area (Å²) >= 11 is 0. The number of nitrogens with zero attached hydrogens (tertiary/aromatic N) is 1. The van der Waals surface area contributed by atoms with Gasteiger partial charge in [0, 0.05) is 36.3 Å². The fraction of sp³-hybridized carbons (Fsp3) is 0.333. The van der Waals surface area contributed by atoms with Gasteiger partial charge in [-0.2, -0.15) is 0 Å². The Kier molecular flexibility index (Phi) is 5.49. The second-order valence-electron chi connectivity index (χ2n) is 6.93. The zero-order valence-electron chi connectivity index (χ0n) is 15.2. The number of carbonyl (C=O) groups is 2. The van der Waals surface area contributed by atoms with Crippen LogP contribution in [0.15, 0.2) is 54.6 Å². The van der Waals surface area contributed by atoms with Crippen molar-refractivity contribution in [2.45, 2.75) is 31.8 Å². The molecule has 2 aromatic carbocycles. The van der Waals surface area contributed by atoms with E-state index in [-0.39, 0.29) is 29.7 Å². The number of rotatable bonds is 5. The molecule has 5 nitrogen and oxygen atoms in total. The minimum Gasteiger partial charge on any atom is -0.326 e. The smallest absolute Gasteiger partial charge is 0.241 e. The van der Waals surface area contributed by atoms with E-state index in [0.29, 0.717) is 17.8 Å². The Labute approximate surface area is 154 Å². The van der Waals surface area contributed by atoms with Crippen molar-refractivity contribution in [3.63, 3.8) is 0 Å². The average molecular weight is 351 g/mol. The van der Waals surface area contributed by atoms with E-state index in [1.165, 1.54) is 12.5 Å². The van der Waals surface area contributed by atoms with E-state index in [1.54, 1.807) is 24.3 Å². The molecule has 2 aromatic rings. The summed E-state index contributed by atoms with van der Waals surface area (Å²) < 4.78 is 0. The summed E-state index contributed by atoms with van der Waals surface area (Å²) in [7, 11) is 0. The van der Waals surface area contributed by atoms with Crippen molar-refractivity contribution in [1.82, 2.24) is 4.90 Å². The van der Waals surface area contributed by atoms with Gasteiger partial charge in [-0.25, -0.2) is 0 Å². The van der Waals surface area contributed by atoms with E-state index in [4.69, 9.17) is 5.73 Å². The van der Waals surface area contributed by atoms with Crippen molar-refractivity contribution in [3.8, 4) is 0 Å². The number of hydrogen-bond acceptors (Lipinski definition) is 4. The van der Waals surface area contributed by atoms with Crippen LogP contribution in [0.2, 0.25) is 0 Å². The third kappa shape index (κ3) is 4.00. The first-order chi connectivity index (χ1) is 12.5. The van der Waals surface area contributed by atoms with Gasteiger partial charge in [-0.1, -0.05) is 30.3 Å². The zero-order valence-corrected chi connectivity index (χ0v) is 15.2. The van der Waals surface area contributed by atoms with Gasteiger partial charge in [0.25, 0.3) is 0 Å². The largest absolute Gasteiger partial charge is 0.326 e. The van der Waals surface area contributed by atoms with Gasteiger partial charge in [-0.3, -0.25) is 14.5 Å². The minimum atomic E-state index is -0.276. The number of carbonyl (C=O) groups excluding carboxylic acids is 2. The molecule has 3 atom stereocenters. The van der Waals surface area contributed by atoms with Gasteiger partial charge in [0.1, 0.15) is 0 Å². The summed E-state index contributed by atoms with van der Waals surface area (Å²) in [6, 6.07) is 16.9. The number of benzene rings is 2. The van der Waals surface area contributed by atoms with Crippen molar-refractivity contribution in [2.75, 3.05) is 18.4 Å². The maximum atomic E-state index is 12.6. The van der Waals surface area contributed by atoms with Crippen molar-refractivity contribution in [2.24, 2.45) is 5.73 Å². The Morgan fingerprint density at radius 3 is 2.35 bits per heavy atom. The summed E-state index contributed by atoms with van der Waals surface area (Å²) in [6.07, 6.45) is 0. The van der Waals surface area contributed by atoms with Gasteiger partial charge in [0.05, 0.1) is 6.04 Å². The lowest BCUT2D eigenvalue weighted by Crippen LogP contribution is -2.41. The molecule has 1 amide bonds. The van der Waals surface area contributed by atoms with E-state index in [0.717, 1.165) is 6.54 Å². The first kappa shape index (κ1) is 18.3. The molecular formula is C21H25N3O2. The van der Waals surface area contributed by atoms with Crippen molar-refractivity contribution < 1.29 is 9.59 Å². The number of ketones is 1. The van der Waals surface area contributed by atoms with Crippen LogP contribution in [0.5, 0.6) is 0 Å². The first-order valence-electron chi connectivity index (χ1n) is 8.92. The quantitative estimate of drug-likeness (QED) is 0.812. The minimum absolute atomic E-state index is 0.00857. The molecule has 0 aliphatic carbocycles. The average Bonchev–Trinajstić information content (AvgIpc) is 3.04. The Hall–Kier alpha value is -2.50. The van der Waals surface area contributed by atoms with E-state index in [2.05, 4.69) is 22.3 Å². The van der Waals surface area contributed by atoms with E-state index >= 15 is 0 Å². The predicted octanol–water partition coefficient (Wildman–Crippen LogP) is 2.64. The molecule has 1 fully saturated rings. The van der Waals surface area contributed by atoms with Crippen molar-refractivity contribution in [3.05, 3.63) is 65.7 Å². The molecule has 5 heteroatoms. The van der Waals surface area contributed by atoms with Gasteiger partial charge in [-0.15, -0.1) is 0 Å². The molecule has 0 radical (unpaired) electrons. The van der Waals surface area contributed by atoms with Gasteiger partial charge in [0.15, 0.2) is 5.78 Å². The van der Waals surface area contributed by atoms with E-state index in [1.807, 2.05) is 25.1 Å². The first-order valence-corrected chi connectivity index (χ1v) is 8.92. The van der Waals surface area contributed by atoms with Crippen LogP contribution >= 0.6 is 0 Å². The molecule has 3 N–H and O–H groups in total. The van der Waals surface area contributed by atoms with E-state index < -0.39 is 0 Å². The van der Waals surface area contributed by atoms with Crippen LogP contribution < -0.4 is 11.1 Å². The fourth-order valence-corrected chi connectivity index (χ4v) is 3.43. The second-order valence-corrected chi connectivity index (χ2v) is 6.93. The molecule has 3 rings (SSSR count). The van der Waals surface area contributed by atoms with Crippen LogP contribution in [0.4, 0.5) is 5.69 Å². The fourth-order valence-electron chi connectivity index (χ4n) is 3.43. The highest BCUT2D eigenvalue weighted by atomic mass is 16.2. The molecule has 1 aliphatic rings. The Morgan fingerprint density at radius 2 is 1.73 bits per heavy atom. The van der Waals surface area contributed by atoms with Crippen LogP contribution in [0.3, 0.4) is 0 Å². The monoisotopic (exact) mass is 351 g/mol. The van der Waals surface area contributed by atoms with Crippen LogP contribution in [0, 0.1) is 0 Å². The summed E-state index contributed by atoms with van der Waals surface area (Å²) in [5.41, 5.74) is 8.87. The molecule has 1 aliphatic heterocycles. The predicted molar refractivity (Wildman–Crippen MR) is 103 cm³/mol. The maximum absolute atomic E-state index is 12.6. The molecule has 0 aromatic heterocycles. The Morgan fingerprint density at radius 1 is 1.08 bits per heavy atom. The number of likely N-dealkylation sites (tertiary alicyclic amines) is 1. The molecule has 1 heterocycles. The summed E-state index contributed by atoms with van der Waals surface area (Å²) in [5, 5.41) is 2.92. The molecule has 26 heavy (non-hydrogen) atoms. The van der Waals surface area contributed by atoms with Gasteiger partial charge in [-0.05, 0) is 43.7 Å². The standard InChI is InChI=1S/C21H25N3O2/c1-14(21(26)23-18-10-8-16(9-11-18)15(2)25)24-12-19(20(22)13-24)17-6-4-3-5-7-17/h3-11,14,19-20H,12-13,22H2,1-2H3,(H,23,26)/t14?,19-,20+/m0/s1. The van der Waals surface area contributed by atoms with Gasteiger partial charge < -0.3 is 11.1 Å². The lowest BCUT2D eigenvalue weighted by atomic mass is 9.95. The number of amides is 1. The molecule has 0 saturated carbocycles. The number of Topliss-reactive ketones (excluding diaryl/α,β-unsaturated/α-hetero) is 1. The molecule has 136 valence electrons. The number of nitrogens with one attached hydrogen (secondary N) is 1.